The molecule has 0 N–H and O–H groups in total. The molecular weight excluding hydrogens is 649 g/mol. The summed E-state index contributed by atoms with van der Waals surface area (Å²) in [6.45, 7) is 4.85. The molecule has 0 saturated heterocycles. The number of rotatable bonds is 1. The van der Waals surface area contributed by atoms with E-state index in [0.29, 0.717) is 0 Å². The number of para-hydroxylation sites is 2. The zero-order valence-electron chi connectivity index (χ0n) is 30.0. The van der Waals surface area contributed by atoms with E-state index in [1.807, 2.05) is 0 Å². The van der Waals surface area contributed by atoms with Crippen LogP contribution < -0.4 is 18.8 Å². The maximum atomic E-state index is 7.12. The van der Waals surface area contributed by atoms with Crippen LogP contribution in [0.15, 0.2) is 103 Å². The van der Waals surface area contributed by atoms with E-state index in [0.717, 1.165) is 29.3 Å². The molecule has 8 heterocycles. The summed E-state index contributed by atoms with van der Waals surface area (Å²) >= 11 is 0. The molecule has 0 amide bonds. The van der Waals surface area contributed by atoms with E-state index < -0.39 is 5.66 Å². The molecule has 5 nitrogen and oxygen atoms in total. The summed E-state index contributed by atoms with van der Waals surface area (Å²) in [7, 11) is 0. The van der Waals surface area contributed by atoms with E-state index in [1.165, 1.54) is 117 Å². The minimum Gasteiger partial charge on any atom is -0.456 e. The highest BCUT2D eigenvalue weighted by Gasteiger charge is 2.71. The Balaban J connectivity index is 1.18. The Labute approximate surface area is 307 Å². The number of fused-ring (bicyclic) bond motifs is 8. The number of anilines is 3. The van der Waals surface area contributed by atoms with Crippen molar-refractivity contribution in [2.75, 3.05) is 4.90 Å². The molecule has 5 aliphatic heterocycles. The lowest BCUT2D eigenvalue weighted by molar-refractivity contribution is -0.932. The van der Waals surface area contributed by atoms with Crippen molar-refractivity contribution < 1.29 is 13.9 Å². The summed E-state index contributed by atoms with van der Waals surface area (Å²) < 4.78 is 15.3. The fourth-order valence-corrected chi connectivity index (χ4v) is 14.2. The van der Waals surface area contributed by atoms with Crippen molar-refractivity contribution in [3.63, 3.8) is 0 Å². The lowest BCUT2D eigenvalue weighted by Crippen LogP contribution is -2.76. The fraction of sp³-hybridized carbons (Fsp3) is 0.292. The van der Waals surface area contributed by atoms with Crippen molar-refractivity contribution in [1.29, 1.82) is 0 Å². The van der Waals surface area contributed by atoms with Crippen LogP contribution >= 0.6 is 0 Å². The van der Waals surface area contributed by atoms with Crippen LogP contribution in [0.2, 0.25) is 0 Å². The molecule has 4 aliphatic carbocycles. The maximum Gasteiger partial charge on any atom is 0.323 e. The number of pyridine rings is 2. The van der Waals surface area contributed by atoms with Gasteiger partial charge in [-0.15, -0.1) is 0 Å². The predicted molar refractivity (Wildman–Crippen MR) is 205 cm³/mol. The van der Waals surface area contributed by atoms with Crippen molar-refractivity contribution in [2.45, 2.75) is 68.9 Å². The highest BCUT2D eigenvalue weighted by atomic mass is 16.5. The summed E-state index contributed by atoms with van der Waals surface area (Å²) in [5.41, 5.74) is 13.9. The largest absolute Gasteiger partial charge is 0.456 e. The first-order valence-electron chi connectivity index (χ1n) is 20.0. The number of benzene rings is 4. The molecule has 1 unspecified atom stereocenters. The summed E-state index contributed by atoms with van der Waals surface area (Å²) in [4.78, 5) is 2.58. The van der Waals surface area contributed by atoms with Crippen LogP contribution in [0.25, 0.3) is 39.0 Å². The van der Waals surface area contributed by atoms with Crippen molar-refractivity contribution in [1.82, 2.24) is 4.57 Å². The first-order valence-corrected chi connectivity index (χ1v) is 20.0. The van der Waals surface area contributed by atoms with Crippen LogP contribution in [0.4, 0.5) is 17.2 Å². The highest BCUT2D eigenvalue weighted by molar-refractivity contribution is 6.11. The van der Waals surface area contributed by atoms with Gasteiger partial charge < -0.3 is 4.74 Å². The Hall–Kier alpha value is -5.42. The first kappa shape index (κ1) is 27.2. The normalized spacial score (nSPS) is 28.3. The Morgan fingerprint density at radius 3 is 2.25 bits per heavy atom. The average molecular weight is 687 g/mol. The van der Waals surface area contributed by atoms with Crippen molar-refractivity contribution >= 4 is 39.0 Å². The Bertz CT molecular complexity index is 2930. The Morgan fingerprint density at radius 2 is 1.40 bits per heavy atom. The van der Waals surface area contributed by atoms with E-state index in [2.05, 4.69) is 136 Å². The van der Waals surface area contributed by atoms with Crippen LogP contribution in [-0.2, 0) is 16.5 Å². The summed E-state index contributed by atoms with van der Waals surface area (Å²) in [5.74, 6) is 7.13. The molecule has 3 aromatic heterocycles. The number of aromatic nitrogens is 3. The smallest absolute Gasteiger partial charge is 0.323 e. The van der Waals surface area contributed by atoms with Gasteiger partial charge in [0.2, 0.25) is 0 Å². The van der Waals surface area contributed by atoms with Gasteiger partial charge >= 0.3 is 5.66 Å². The minimum absolute atomic E-state index is 0.188. The van der Waals surface area contributed by atoms with Gasteiger partial charge in [-0.05, 0) is 128 Å². The van der Waals surface area contributed by atoms with Gasteiger partial charge in [0.15, 0.2) is 16.9 Å². The van der Waals surface area contributed by atoms with Crippen LogP contribution in [0, 0.1) is 17.8 Å². The van der Waals surface area contributed by atoms with Crippen LogP contribution in [-0.4, -0.2) is 4.57 Å². The number of nitrogens with zero attached hydrogens (tertiary/aromatic N) is 4. The molecule has 4 bridgehead atoms. The lowest BCUT2D eigenvalue weighted by atomic mass is 9.48. The molecule has 1 atom stereocenters. The van der Waals surface area contributed by atoms with Gasteiger partial charge in [-0.1, -0.05) is 50.2 Å². The van der Waals surface area contributed by atoms with Crippen molar-refractivity contribution in [2.24, 2.45) is 17.8 Å². The van der Waals surface area contributed by atoms with Crippen LogP contribution in [0.5, 0.6) is 11.5 Å². The zero-order chi connectivity index (χ0) is 34.3. The second-order valence-corrected chi connectivity index (χ2v) is 18.4. The molecule has 53 heavy (non-hydrogen) atoms. The van der Waals surface area contributed by atoms with Gasteiger partial charge in [-0.3, -0.25) is 0 Å². The second-order valence-electron chi connectivity index (χ2n) is 18.4. The third-order valence-electron chi connectivity index (χ3n) is 15.6. The first-order chi connectivity index (χ1) is 26.0. The molecule has 5 heteroatoms. The molecule has 7 aromatic rings. The fourth-order valence-electron chi connectivity index (χ4n) is 14.2. The molecular formula is C48H38N4O+2. The van der Waals surface area contributed by atoms with E-state index in [-0.39, 0.29) is 10.8 Å². The zero-order valence-corrected chi connectivity index (χ0v) is 30.0. The lowest BCUT2D eigenvalue weighted by Gasteiger charge is -2.57. The van der Waals surface area contributed by atoms with E-state index in [9.17, 15) is 0 Å². The van der Waals surface area contributed by atoms with Crippen LogP contribution in [0.1, 0.15) is 80.2 Å². The topological polar surface area (TPSA) is 25.2 Å². The van der Waals surface area contributed by atoms with Crippen LogP contribution in [0.3, 0.4) is 0 Å². The highest BCUT2D eigenvalue weighted by Crippen LogP contribution is 2.65. The SMILES string of the molecule is CC1(C)c2ccccc2N2c3cccc4c3C35c6c(ccc7c8ccccc8n(c67)-c6cc(C78CC9CC(CC(C9)C7)C8)cc([n+]63)-c3ccc1c2[n+]35)O4. The van der Waals surface area contributed by atoms with Gasteiger partial charge in [0.25, 0.3) is 11.6 Å². The molecule has 1 spiro atoms. The number of hydrogen-bond acceptors (Lipinski definition) is 2. The second kappa shape index (κ2) is 8.21. The van der Waals surface area contributed by atoms with E-state index in [4.69, 9.17) is 4.74 Å². The summed E-state index contributed by atoms with van der Waals surface area (Å²) in [5, 5.41) is 2.61. The summed E-state index contributed by atoms with van der Waals surface area (Å²) in [6.07, 6.45) is 8.39. The third-order valence-corrected chi connectivity index (χ3v) is 15.6. The Kier molecular flexibility index (Phi) is 4.22. The van der Waals surface area contributed by atoms with Gasteiger partial charge in [0, 0.05) is 27.8 Å². The van der Waals surface area contributed by atoms with Gasteiger partial charge in [-0.2, -0.15) is 18.6 Å². The standard InChI is InChI=1S/C48H38N4O/c1-46(2)32-9-4-6-11-35(32)49-37-12-7-13-39-42(37)48-43-40(53-39)17-14-31-30-8-3-5-10-34(30)50(44(31)43)41-22-29(47-23-26-18-27(24-47)20-28(19-26)25-47)21-38(51(41)48)36-16-15-33(46)45(49)52(36)48/h3-17,21-22,26-28H,18-20,23-25H2,1-2H3/q+2. The Morgan fingerprint density at radius 1 is 0.642 bits per heavy atom. The molecule has 9 aliphatic rings. The maximum absolute atomic E-state index is 7.12. The van der Waals surface area contributed by atoms with E-state index >= 15 is 0 Å². The minimum atomic E-state index is -0.645. The van der Waals surface area contributed by atoms with Gasteiger partial charge in [-0.25, -0.2) is 0 Å². The van der Waals surface area contributed by atoms with Crippen molar-refractivity contribution in [3.8, 4) is 28.7 Å². The summed E-state index contributed by atoms with van der Waals surface area (Å²) in [6, 6.07) is 39.8. The molecule has 0 radical (unpaired) electrons. The predicted octanol–water partition coefficient (Wildman–Crippen LogP) is 9.95. The molecule has 4 saturated carbocycles. The van der Waals surface area contributed by atoms with Crippen molar-refractivity contribution in [3.05, 3.63) is 131 Å². The van der Waals surface area contributed by atoms with Gasteiger partial charge in [0.05, 0.1) is 5.56 Å². The third kappa shape index (κ3) is 2.69. The quantitative estimate of drug-likeness (QED) is 0.161. The molecule has 254 valence electrons. The number of ether oxygens (including phenoxy) is 1. The molecule has 4 aromatic carbocycles. The average Bonchev–Trinajstić information content (AvgIpc) is 3.66. The number of hydrogen-bond donors (Lipinski definition) is 0. The molecule has 16 rings (SSSR count). The van der Waals surface area contributed by atoms with Gasteiger partial charge in [0.1, 0.15) is 39.5 Å². The van der Waals surface area contributed by atoms with E-state index in [1.54, 1.807) is 5.56 Å². The monoisotopic (exact) mass is 686 g/mol. The molecule has 4 fully saturated rings.